The van der Waals surface area contributed by atoms with Gasteiger partial charge < -0.3 is 15.5 Å². The summed E-state index contributed by atoms with van der Waals surface area (Å²) in [6.45, 7) is 3.89. The van der Waals surface area contributed by atoms with E-state index in [1.165, 1.54) is 0 Å². The van der Waals surface area contributed by atoms with Crippen LogP contribution in [-0.2, 0) is 4.79 Å². The second-order valence-corrected chi connectivity index (χ2v) is 3.95. The van der Waals surface area contributed by atoms with Crippen LogP contribution in [0.2, 0.25) is 0 Å². The van der Waals surface area contributed by atoms with Gasteiger partial charge in [0.1, 0.15) is 0 Å². The Morgan fingerprint density at radius 2 is 2.41 bits per heavy atom. The van der Waals surface area contributed by atoms with Crippen molar-refractivity contribution in [1.82, 2.24) is 15.5 Å². The van der Waals surface area contributed by atoms with Gasteiger partial charge in [-0.15, -0.1) is 6.42 Å². The molecule has 2 N–H and O–H groups in total. The summed E-state index contributed by atoms with van der Waals surface area (Å²) in [5.74, 6) is 3.40. The number of amides is 1. The van der Waals surface area contributed by atoms with Crippen molar-refractivity contribution in [1.29, 1.82) is 0 Å². The first-order valence-corrected chi connectivity index (χ1v) is 5.89. The lowest BCUT2D eigenvalue weighted by Crippen LogP contribution is -2.45. The second-order valence-electron chi connectivity index (χ2n) is 3.95. The topological polar surface area (TPSA) is 56.7 Å². The number of hydrogen-bond acceptors (Lipinski definition) is 2. The Morgan fingerprint density at radius 3 is 3.00 bits per heavy atom. The van der Waals surface area contributed by atoms with Crippen LogP contribution in [0.25, 0.3) is 0 Å². The van der Waals surface area contributed by atoms with E-state index in [9.17, 15) is 4.79 Å². The zero-order chi connectivity index (χ0) is 12.7. The number of rotatable bonds is 3. The van der Waals surface area contributed by atoms with Crippen LogP contribution in [0.5, 0.6) is 0 Å². The minimum atomic E-state index is 0.209. The van der Waals surface area contributed by atoms with Crippen LogP contribution >= 0.6 is 0 Å². The van der Waals surface area contributed by atoms with Gasteiger partial charge in [-0.1, -0.05) is 12.8 Å². The number of guanidine groups is 1. The zero-order valence-corrected chi connectivity index (χ0v) is 10.5. The van der Waals surface area contributed by atoms with Gasteiger partial charge in [-0.25, -0.2) is 0 Å². The maximum atomic E-state index is 11.5. The summed E-state index contributed by atoms with van der Waals surface area (Å²) >= 11 is 0. The van der Waals surface area contributed by atoms with Gasteiger partial charge in [-0.05, 0) is 6.42 Å². The molecule has 1 heterocycles. The van der Waals surface area contributed by atoms with E-state index in [1.54, 1.807) is 7.05 Å². The maximum Gasteiger partial charge on any atom is 0.222 e. The van der Waals surface area contributed by atoms with E-state index in [0.717, 1.165) is 19.5 Å². The molecule has 0 radical (unpaired) electrons. The van der Waals surface area contributed by atoms with Crippen molar-refractivity contribution in [2.45, 2.75) is 25.8 Å². The fourth-order valence-corrected chi connectivity index (χ4v) is 1.85. The van der Waals surface area contributed by atoms with Crippen molar-refractivity contribution in [2.24, 2.45) is 4.99 Å². The standard InChI is InChI=1S/C12H20N4O/c1-4-7-14-12(13-3)15-10-6-8-16(9-10)11(17)5-2/h1,10H,5-9H2,2-3H3,(H2,13,14,15). The Kier molecular flexibility index (Phi) is 5.34. The van der Waals surface area contributed by atoms with Gasteiger partial charge in [0.05, 0.1) is 6.54 Å². The summed E-state index contributed by atoms with van der Waals surface area (Å²) in [6.07, 6.45) is 6.68. The number of aliphatic imine (C=N–C) groups is 1. The molecule has 1 atom stereocenters. The maximum absolute atomic E-state index is 11.5. The Labute approximate surface area is 103 Å². The molecule has 1 amide bonds. The third-order valence-electron chi connectivity index (χ3n) is 2.77. The highest BCUT2D eigenvalue weighted by molar-refractivity contribution is 5.80. The predicted octanol–water partition coefficient (Wildman–Crippen LogP) is -0.204. The lowest BCUT2D eigenvalue weighted by Gasteiger charge is -2.18. The van der Waals surface area contributed by atoms with Crippen molar-refractivity contribution in [2.75, 3.05) is 26.7 Å². The van der Waals surface area contributed by atoms with Crippen LogP contribution in [0.4, 0.5) is 0 Å². The molecule has 0 bridgehead atoms. The molecule has 0 spiro atoms. The molecule has 1 unspecified atom stereocenters. The molecule has 0 aliphatic carbocycles. The molecule has 0 aromatic rings. The summed E-state index contributed by atoms with van der Waals surface area (Å²) in [4.78, 5) is 17.5. The van der Waals surface area contributed by atoms with E-state index < -0.39 is 0 Å². The smallest absolute Gasteiger partial charge is 0.222 e. The largest absolute Gasteiger partial charge is 0.352 e. The lowest BCUT2D eigenvalue weighted by molar-refractivity contribution is -0.129. The average Bonchev–Trinajstić information content (AvgIpc) is 2.81. The van der Waals surface area contributed by atoms with Gasteiger partial charge in [0.15, 0.2) is 5.96 Å². The number of carbonyl (C=O) groups is 1. The second kappa shape index (κ2) is 6.79. The van der Waals surface area contributed by atoms with Crippen LogP contribution in [0.3, 0.4) is 0 Å². The number of nitrogens with zero attached hydrogens (tertiary/aromatic N) is 2. The van der Waals surface area contributed by atoms with Crippen molar-refractivity contribution >= 4 is 11.9 Å². The first-order valence-electron chi connectivity index (χ1n) is 5.89. The van der Waals surface area contributed by atoms with Gasteiger partial charge in [0.2, 0.25) is 5.91 Å². The van der Waals surface area contributed by atoms with Crippen LogP contribution in [0, 0.1) is 12.3 Å². The monoisotopic (exact) mass is 236 g/mol. The fraction of sp³-hybridized carbons (Fsp3) is 0.667. The van der Waals surface area contributed by atoms with E-state index >= 15 is 0 Å². The predicted molar refractivity (Wildman–Crippen MR) is 68.6 cm³/mol. The first-order chi connectivity index (χ1) is 8.21. The summed E-state index contributed by atoms with van der Waals surface area (Å²) in [7, 11) is 1.70. The van der Waals surface area contributed by atoms with Crippen molar-refractivity contribution in [3.63, 3.8) is 0 Å². The summed E-state index contributed by atoms with van der Waals surface area (Å²) in [5, 5.41) is 6.26. The Hall–Kier alpha value is -1.70. The van der Waals surface area contributed by atoms with Crippen molar-refractivity contribution < 1.29 is 4.79 Å². The molecule has 1 aliphatic rings. The summed E-state index contributed by atoms with van der Waals surface area (Å²) in [6, 6.07) is 0.259. The molecule has 1 aliphatic heterocycles. The number of terminal acetylenes is 1. The molecule has 5 nitrogen and oxygen atoms in total. The lowest BCUT2D eigenvalue weighted by atomic mass is 10.3. The molecular formula is C12H20N4O. The molecule has 5 heteroatoms. The van der Waals surface area contributed by atoms with E-state index in [2.05, 4.69) is 21.5 Å². The molecule has 1 rings (SSSR count). The van der Waals surface area contributed by atoms with Gasteiger partial charge in [0.25, 0.3) is 0 Å². The van der Waals surface area contributed by atoms with Gasteiger partial charge in [-0.3, -0.25) is 9.79 Å². The van der Waals surface area contributed by atoms with Gasteiger partial charge >= 0.3 is 0 Å². The van der Waals surface area contributed by atoms with Crippen molar-refractivity contribution in [3.05, 3.63) is 0 Å². The van der Waals surface area contributed by atoms with E-state index in [-0.39, 0.29) is 11.9 Å². The Bertz CT molecular complexity index is 332. The molecule has 17 heavy (non-hydrogen) atoms. The highest BCUT2D eigenvalue weighted by atomic mass is 16.2. The molecule has 94 valence electrons. The Balaban J connectivity index is 2.39. The number of hydrogen-bond donors (Lipinski definition) is 2. The van der Waals surface area contributed by atoms with E-state index in [0.29, 0.717) is 18.9 Å². The molecular weight excluding hydrogens is 216 g/mol. The fourth-order valence-electron chi connectivity index (χ4n) is 1.85. The molecule has 1 fully saturated rings. The summed E-state index contributed by atoms with van der Waals surface area (Å²) < 4.78 is 0. The summed E-state index contributed by atoms with van der Waals surface area (Å²) in [5.41, 5.74) is 0. The zero-order valence-electron chi connectivity index (χ0n) is 10.5. The average molecular weight is 236 g/mol. The van der Waals surface area contributed by atoms with Crippen LogP contribution in [0.15, 0.2) is 4.99 Å². The highest BCUT2D eigenvalue weighted by Gasteiger charge is 2.25. The van der Waals surface area contributed by atoms with Crippen LogP contribution in [0.1, 0.15) is 19.8 Å². The number of carbonyl (C=O) groups excluding carboxylic acids is 1. The minimum Gasteiger partial charge on any atom is -0.352 e. The normalized spacial score (nSPS) is 19.9. The molecule has 0 aromatic carbocycles. The van der Waals surface area contributed by atoms with Gasteiger partial charge in [0, 0.05) is 32.6 Å². The SMILES string of the molecule is C#CCNC(=NC)NC1CCN(C(=O)CC)C1. The molecule has 1 saturated heterocycles. The third kappa shape index (κ3) is 3.99. The number of likely N-dealkylation sites (tertiary alicyclic amines) is 1. The highest BCUT2D eigenvalue weighted by Crippen LogP contribution is 2.10. The van der Waals surface area contributed by atoms with Crippen LogP contribution < -0.4 is 10.6 Å². The minimum absolute atomic E-state index is 0.209. The van der Waals surface area contributed by atoms with Crippen molar-refractivity contribution in [3.8, 4) is 12.3 Å². The molecule has 0 saturated carbocycles. The third-order valence-corrected chi connectivity index (χ3v) is 2.77. The van der Waals surface area contributed by atoms with E-state index in [4.69, 9.17) is 6.42 Å². The quantitative estimate of drug-likeness (QED) is 0.405. The Morgan fingerprint density at radius 1 is 1.65 bits per heavy atom. The first kappa shape index (κ1) is 13.4. The number of nitrogens with one attached hydrogen (secondary N) is 2. The van der Waals surface area contributed by atoms with Crippen LogP contribution in [-0.4, -0.2) is 49.5 Å². The molecule has 0 aromatic heterocycles. The van der Waals surface area contributed by atoms with E-state index in [1.807, 2.05) is 11.8 Å². The van der Waals surface area contributed by atoms with Gasteiger partial charge in [-0.2, -0.15) is 0 Å².